The van der Waals surface area contributed by atoms with Crippen LogP contribution >= 0.6 is 11.8 Å². The summed E-state index contributed by atoms with van der Waals surface area (Å²) in [7, 11) is 0. The summed E-state index contributed by atoms with van der Waals surface area (Å²) in [5.74, 6) is 0.599. The first kappa shape index (κ1) is 18.3. The van der Waals surface area contributed by atoms with E-state index in [4.69, 9.17) is 4.42 Å². The zero-order valence-corrected chi connectivity index (χ0v) is 15.9. The third-order valence-electron chi connectivity index (χ3n) is 4.45. The van der Waals surface area contributed by atoms with Crippen LogP contribution in [0.5, 0.6) is 0 Å². The zero-order chi connectivity index (χ0) is 19.3. The normalized spacial score (nSPS) is 12.9. The van der Waals surface area contributed by atoms with Crippen LogP contribution in [0.3, 0.4) is 0 Å². The van der Waals surface area contributed by atoms with Gasteiger partial charge in [0.05, 0.1) is 17.5 Å². The van der Waals surface area contributed by atoms with Crippen molar-refractivity contribution in [3.63, 3.8) is 0 Å². The first-order valence-electron chi connectivity index (χ1n) is 9.05. The molecule has 0 radical (unpaired) electrons. The topological polar surface area (TPSA) is 75.4 Å². The predicted octanol–water partition coefficient (Wildman–Crippen LogP) is 3.54. The molecule has 7 heteroatoms. The molecular weight excluding hydrogens is 374 g/mol. The highest BCUT2D eigenvalue weighted by molar-refractivity contribution is 7.99. The Balaban J connectivity index is 1.45. The third kappa shape index (κ3) is 3.94. The van der Waals surface area contributed by atoms with Crippen molar-refractivity contribution in [1.29, 1.82) is 0 Å². The van der Waals surface area contributed by atoms with Crippen LogP contribution < -0.4 is 10.2 Å². The van der Waals surface area contributed by atoms with Crippen molar-refractivity contribution in [3.05, 3.63) is 72.3 Å². The lowest BCUT2D eigenvalue weighted by Crippen LogP contribution is -2.35. The Morgan fingerprint density at radius 2 is 2.04 bits per heavy atom. The van der Waals surface area contributed by atoms with E-state index in [1.165, 1.54) is 11.8 Å². The summed E-state index contributed by atoms with van der Waals surface area (Å²) in [6.07, 6.45) is 4.16. The maximum absolute atomic E-state index is 13.1. The molecule has 1 N–H and O–H groups in total. The minimum atomic E-state index is -0.135. The summed E-state index contributed by atoms with van der Waals surface area (Å²) >= 11 is 1.47. The van der Waals surface area contributed by atoms with Crippen molar-refractivity contribution in [2.24, 2.45) is 0 Å². The number of furan rings is 1. The van der Waals surface area contributed by atoms with Gasteiger partial charge in [0.25, 0.3) is 5.91 Å². The van der Waals surface area contributed by atoms with Gasteiger partial charge in [-0.1, -0.05) is 23.9 Å². The number of hydrogen-bond acceptors (Lipinski definition) is 5. The lowest BCUT2D eigenvalue weighted by Gasteiger charge is -2.22. The Morgan fingerprint density at radius 3 is 2.89 bits per heavy atom. The van der Waals surface area contributed by atoms with E-state index in [9.17, 15) is 9.59 Å². The van der Waals surface area contributed by atoms with Crippen LogP contribution in [0.2, 0.25) is 0 Å². The van der Waals surface area contributed by atoms with Crippen LogP contribution in [0, 0.1) is 0 Å². The summed E-state index contributed by atoms with van der Waals surface area (Å²) in [5, 5.41) is 3.57. The quantitative estimate of drug-likeness (QED) is 0.693. The molecule has 2 amide bonds. The molecule has 2 aromatic heterocycles. The SMILES string of the molecule is O=C(CCN1C(=O)c2cccnc2Sc2ccccc21)NCCc1ccco1. The summed E-state index contributed by atoms with van der Waals surface area (Å²) in [4.78, 5) is 32.3. The van der Waals surface area contributed by atoms with Crippen LogP contribution in [-0.2, 0) is 11.2 Å². The molecule has 4 rings (SSSR count). The molecule has 142 valence electrons. The smallest absolute Gasteiger partial charge is 0.261 e. The van der Waals surface area contributed by atoms with Crippen LogP contribution in [0.25, 0.3) is 0 Å². The minimum Gasteiger partial charge on any atom is -0.469 e. The van der Waals surface area contributed by atoms with Crippen molar-refractivity contribution in [2.45, 2.75) is 22.8 Å². The minimum absolute atomic E-state index is 0.0971. The predicted molar refractivity (Wildman–Crippen MR) is 107 cm³/mol. The van der Waals surface area contributed by atoms with Gasteiger partial charge in [-0.05, 0) is 36.4 Å². The number of carbonyl (C=O) groups excluding carboxylic acids is 2. The molecule has 1 aliphatic heterocycles. The van der Waals surface area contributed by atoms with Gasteiger partial charge in [-0.25, -0.2) is 4.98 Å². The summed E-state index contributed by atoms with van der Waals surface area (Å²) in [5.41, 5.74) is 1.36. The van der Waals surface area contributed by atoms with E-state index in [-0.39, 0.29) is 18.2 Å². The maximum atomic E-state index is 13.1. The summed E-state index contributed by atoms with van der Waals surface area (Å²) in [6.45, 7) is 0.802. The number of rotatable bonds is 6. The molecular formula is C21H19N3O3S. The van der Waals surface area contributed by atoms with E-state index >= 15 is 0 Å². The summed E-state index contributed by atoms with van der Waals surface area (Å²) < 4.78 is 5.26. The first-order chi connectivity index (χ1) is 13.7. The van der Waals surface area contributed by atoms with Crippen LogP contribution in [0.15, 0.2) is 75.3 Å². The number of pyridine rings is 1. The second-order valence-electron chi connectivity index (χ2n) is 6.31. The monoisotopic (exact) mass is 393 g/mol. The molecule has 28 heavy (non-hydrogen) atoms. The van der Waals surface area contributed by atoms with E-state index in [2.05, 4.69) is 10.3 Å². The Bertz CT molecular complexity index is 988. The van der Waals surface area contributed by atoms with Crippen molar-refractivity contribution < 1.29 is 14.0 Å². The van der Waals surface area contributed by atoms with E-state index in [0.717, 1.165) is 16.3 Å². The fraction of sp³-hybridized carbons (Fsp3) is 0.190. The van der Waals surface area contributed by atoms with Crippen molar-refractivity contribution >= 4 is 29.3 Å². The number of hydrogen-bond donors (Lipinski definition) is 1. The Labute approximate surface area is 166 Å². The number of aromatic nitrogens is 1. The first-order valence-corrected chi connectivity index (χ1v) is 9.87. The van der Waals surface area contributed by atoms with Gasteiger partial charge < -0.3 is 14.6 Å². The molecule has 3 heterocycles. The molecule has 0 saturated heterocycles. The lowest BCUT2D eigenvalue weighted by atomic mass is 10.2. The molecule has 0 aliphatic carbocycles. The third-order valence-corrected chi connectivity index (χ3v) is 5.53. The van der Waals surface area contributed by atoms with Gasteiger partial charge in [0.1, 0.15) is 10.8 Å². The molecule has 0 bridgehead atoms. The van der Waals surface area contributed by atoms with Crippen LogP contribution in [0.1, 0.15) is 22.5 Å². The van der Waals surface area contributed by atoms with Gasteiger partial charge in [-0.15, -0.1) is 0 Å². The van der Waals surface area contributed by atoms with E-state index < -0.39 is 0 Å². The van der Waals surface area contributed by atoms with Crippen molar-refractivity contribution in [1.82, 2.24) is 10.3 Å². The highest BCUT2D eigenvalue weighted by Gasteiger charge is 2.27. The molecule has 0 fully saturated rings. The second-order valence-corrected chi connectivity index (χ2v) is 7.34. The number of amides is 2. The van der Waals surface area contributed by atoms with E-state index in [1.54, 1.807) is 29.5 Å². The molecule has 0 unspecified atom stereocenters. The fourth-order valence-electron chi connectivity index (χ4n) is 3.06. The number of anilines is 1. The maximum Gasteiger partial charge on any atom is 0.261 e. The number of fused-ring (bicyclic) bond motifs is 2. The molecule has 1 aliphatic rings. The largest absolute Gasteiger partial charge is 0.469 e. The molecule has 0 saturated carbocycles. The van der Waals surface area contributed by atoms with Gasteiger partial charge in [-0.2, -0.15) is 0 Å². The molecule has 3 aromatic rings. The Kier molecular flexibility index (Phi) is 5.43. The van der Waals surface area contributed by atoms with Crippen LogP contribution in [-0.4, -0.2) is 29.9 Å². The number of para-hydroxylation sites is 1. The van der Waals surface area contributed by atoms with Gasteiger partial charge in [0.2, 0.25) is 5.91 Å². The lowest BCUT2D eigenvalue weighted by molar-refractivity contribution is -0.120. The summed E-state index contributed by atoms with van der Waals surface area (Å²) in [6, 6.07) is 14.9. The average Bonchev–Trinajstić information content (AvgIpc) is 3.19. The van der Waals surface area contributed by atoms with Gasteiger partial charge >= 0.3 is 0 Å². The number of benzene rings is 1. The fourth-order valence-corrected chi connectivity index (χ4v) is 4.08. The molecule has 0 atom stereocenters. The average molecular weight is 393 g/mol. The van der Waals surface area contributed by atoms with Gasteiger partial charge in [0, 0.05) is 37.0 Å². The number of carbonyl (C=O) groups is 2. The number of nitrogens with one attached hydrogen (secondary N) is 1. The highest BCUT2D eigenvalue weighted by Crippen LogP contribution is 2.39. The van der Waals surface area contributed by atoms with E-state index in [0.29, 0.717) is 30.1 Å². The zero-order valence-electron chi connectivity index (χ0n) is 15.1. The van der Waals surface area contributed by atoms with E-state index in [1.807, 2.05) is 36.4 Å². The number of nitrogens with zero attached hydrogens (tertiary/aromatic N) is 2. The Hall–Kier alpha value is -3.06. The van der Waals surface area contributed by atoms with Crippen molar-refractivity contribution in [2.75, 3.05) is 18.0 Å². The second kappa shape index (κ2) is 8.31. The molecule has 1 aromatic carbocycles. The molecule has 6 nitrogen and oxygen atoms in total. The van der Waals surface area contributed by atoms with Crippen LogP contribution in [0.4, 0.5) is 5.69 Å². The highest BCUT2D eigenvalue weighted by atomic mass is 32.2. The molecule has 0 spiro atoms. The van der Waals surface area contributed by atoms with Gasteiger partial charge in [0.15, 0.2) is 0 Å². The standard InChI is InChI=1S/C21H19N3O3S/c25-19(22-12-9-15-5-4-14-27-15)10-13-24-17-7-1-2-8-18(17)28-20-16(21(24)26)6-3-11-23-20/h1-8,11,14H,9-10,12-13H2,(H,22,25). The Morgan fingerprint density at radius 1 is 1.14 bits per heavy atom. The van der Waals surface area contributed by atoms with Crippen molar-refractivity contribution in [3.8, 4) is 0 Å². The van der Waals surface area contributed by atoms with Gasteiger partial charge in [-0.3, -0.25) is 9.59 Å².